The average Bonchev–Trinajstić information content (AvgIpc) is 2.47. The number of nitrogens with one attached hydrogen (secondary N) is 1. The maximum atomic E-state index is 11.8. The molecule has 0 aliphatic heterocycles. The van der Waals surface area contributed by atoms with Gasteiger partial charge in [0.15, 0.2) is 0 Å². The second kappa shape index (κ2) is 7.79. The van der Waals surface area contributed by atoms with Crippen LogP contribution in [0.4, 0.5) is 0 Å². The van der Waals surface area contributed by atoms with Crippen molar-refractivity contribution in [2.24, 2.45) is 0 Å². The summed E-state index contributed by atoms with van der Waals surface area (Å²) in [7, 11) is 3.47. The quantitative estimate of drug-likeness (QED) is 0.821. The van der Waals surface area contributed by atoms with Gasteiger partial charge in [0, 0.05) is 19.6 Å². The predicted molar refractivity (Wildman–Crippen MR) is 77.3 cm³/mol. The molecule has 1 aromatic rings. The van der Waals surface area contributed by atoms with Crippen molar-refractivity contribution >= 4 is 5.91 Å². The van der Waals surface area contributed by atoms with Gasteiger partial charge in [0.25, 0.3) is 0 Å². The second-order valence-electron chi connectivity index (χ2n) is 4.52. The van der Waals surface area contributed by atoms with Crippen LogP contribution < -0.4 is 10.1 Å². The van der Waals surface area contributed by atoms with E-state index in [2.05, 4.69) is 12.2 Å². The topological polar surface area (TPSA) is 41.6 Å². The number of hydrogen-bond acceptors (Lipinski definition) is 3. The number of ether oxygens (including phenoxy) is 1. The van der Waals surface area contributed by atoms with Crippen molar-refractivity contribution in [2.75, 3.05) is 27.2 Å². The van der Waals surface area contributed by atoms with Crippen molar-refractivity contribution in [1.29, 1.82) is 0 Å². The number of nitrogens with zero attached hydrogens (tertiary/aromatic N) is 1. The Morgan fingerprint density at radius 2 is 1.95 bits per heavy atom. The fourth-order valence-electron chi connectivity index (χ4n) is 1.86. The largest absolute Gasteiger partial charge is 0.497 e. The van der Waals surface area contributed by atoms with E-state index >= 15 is 0 Å². The number of hydrogen-bond donors (Lipinski definition) is 1. The molecule has 19 heavy (non-hydrogen) atoms. The molecule has 0 aromatic heterocycles. The molecule has 1 rings (SSSR count). The lowest BCUT2D eigenvalue weighted by Crippen LogP contribution is -2.36. The number of amides is 1. The molecule has 0 saturated carbocycles. The molecule has 0 aliphatic rings. The van der Waals surface area contributed by atoms with Crippen LogP contribution >= 0.6 is 0 Å². The van der Waals surface area contributed by atoms with Crippen LogP contribution in [0, 0.1) is 0 Å². The lowest BCUT2D eigenvalue weighted by atomic mass is 10.0. The number of benzene rings is 1. The highest BCUT2D eigenvalue weighted by molar-refractivity contribution is 5.77. The van der Waals surface area contributed by atoms with E-state index in [0.717, 1.165) is 18.7 Å². The minimum absolute atomic E-state index is 0.120. The van der Waals surface area contributed by atoms with E-state index in [-0.39, 0.29) is 11.9 Å². The lowest BCUT2D eigenvalue weighted by molar-refractivity contribution is -0.128. The molecule has 1 amide bonds. The molecule has 0 saturated heterocycles. The van der Waals surface area contributed by atoms with E-state index in [1.54, 1.807) is 12.0 Å². The van der Waals surface area contributed by atoms with Crippen LogP contribution in [-0.4, -0.2) is 38.1 Å². The number of carbonyl (C=O) groups excluding carboxylic acids is 1. The highest BCUT2D eigenvalue weighted by atomic mass is 16.5. The molecule has 1 atom stereocenters. The standard InChI is InChI=1S/C15H24N2O2/c1-5-14(16-11-15(18)17(3)6-2)12-7-9-13(19-4)10-8-12/h7-10,14,16H,5-6,11H2,1-4H3. The van der Waals surface area contributed by atoms with Gasteiger partial charge in [-0.25, -0.2) is 0 Å². The SMILES string of the molecule is CCC(NCC(=O)N(C)CC)c1ccc(OC)cc1. The molecule has 4 nitrogen and oxygen atoms in total. The summed E-state index contributed by atoms with van der Waals surface area (Å²) in [5, 5.41) is 3.31. The Morgan fingerprint density at radius 1 is 1.32 bits per heavy atom. The third kappa shape index (κ3) is 4.56. The van der Waals surface area contributed by atoms with Crippen LogP contribution in [0.2, 0.25) is 0 Å². The summed E-state index contributed by atoms with van der Waals surface area (Å²) in [6.45, 7) is 5.18. The number of rotatable bonds is 7. The fraction of sp³-hybridized carbons (Fsp3) is 0.533. The van der Waals surface area contributed by atoms with Gasteiger partial charge in [-0.1, -0.05) is 19.1 Å². The zero-order chi connectivity index (χ0) is 14.3. The van der Waals surface area contributed by atoms with Crippen LogP contribution in [0.3, 0.4) is 0 Å². The van der Waals surface area contributed by atoms with Crippen LogP contribution in [-0.2, 0) is 4.79 Å². The maximum Gasteiger partial charge on any atom is 0.236 e. The normalized spacial score (nSPS) is 12.0. The Balaban J connectivity index is 2.59. The molecule has 106 valence electrons. The lowest BCUT2D eigenvalue weighted by Gasteiger charge is -2.20. The van der Waals surface area contributed by atoms with E-state index in [1.165, 1.54) is 5.56 Å². The summed E-state index contributed by atoms with van der Waals surface area (Å²) < 4.78 is 5.15. The molecule has 0 heterocycles. The Labute approximate surface area is 115 Å². The summed E-state index contributed by atoms with van der Waals surface area (Å²) in [5.41, 5.74) is 1.18. The zero-order valence-electron chi connectivity index (χ0n) is 12.3. The number of likely N-dealkylation sites (N-methyl/N-ethyl adjacent to an activating group) is 1. The summed E-state index contributed by atoms with van der Waals surface area (Å²) in [4.78, 5) is 13.5. The van der Waals surface area contributed by atoms with Crippen molar-refractivity contribution < 1.29 is 9.53 Å². The van der Waals surface area contributed by atoms with Crippen LogP contribution in [0.25, 0.3) is 0 Å². The highest BCUT2D eigenvalue weighted by Gasteiger charge is 2.12. The first-order valence-corrected chi connectivity index (χ1v) is 6.73. The van der Waals surface area contributed by atoms with Crippen LogP contribution in [0.5, 0.6) is 5.75 Å². The minimum Gasteiger partial charge on any atom is -0.497 e. The Kier molecular flexibility index (Phi) is 6.36. The minimum atomic E-state index is 0.120. The molecule has 0 fully saturated rings. The Hall–Kier alpha value is -1.55. The van der Waals surface area contributed by atoms with E-state index in [9.17, 15) is 4.79 Å². The summed E-state index contributed by atoms with van der Waals surface area (Å²) in [6, 6.07) is 8.15. The van der Waals surface area contributed by atoms with Gasteiger partial charge >= 0.3 is 0 Å². The number of methoxy groups -OCH3 is 1. The van der Waals surface area contributed by atoms with Gasteiger partial charge in [0.05, 0.1) is 13.7 Å². The smallest absolute Gasteiger partial charge is 0.236 e. The molecule has 0 spiro atoms. The summed E-state index contributed by atoms with van der Waals surface area (Å²) in [6.07, 6.45) is 0.940. The molecule has 4 heteroatoms. The Morgan fingerprint density at radius 3 is 2.42 bits per heavy atom. The van der Waals surface area contributed by atoms with Gasteiger partial charge < -0.3 is 15.0 Å². The highest BCUT2D eigenvalue weighted by Crippen LogP contribution is 2.19. The van der Waals surface area contributed by atoms with E-state index in [1.807, 2.05) is 38.2 Å². The third-order valence-electron chi connectivity index (χ3n) is 3.33. The summed E-state index contributed by atoms with van der Waals surface area (Å²) in [5.74, 6) is 0.967. The molecule has 1 aromatic carbocycles. The molecular weight excluding hydrogens is 240 g/mol. The van der Waals surface area contributed by atoms with Gasteiger partial charge in [-0.15, -0.1) is 0 Å². The molecule has 1 N–H and O–H groups in total. The van der Waals surface area contributed by atoms with Crippen LogP contribution in [0.15, 0.2) is 24.3 Å². The van der Waals surface area contributed by atoms with Gasteiger partial charge in [-0.2, -0.15) is 0 Å². The van der Waals surface area contributed by atoms with Gasteiger partial charge in [-0.3, -0.25) is 4.79 Å². The maximum absolute atomic E-state index is 11.8. The van der Waals surface area contributed by atoms with Crippen molar-refractivity contribution in [1.82, 2.24) is 10.2 Å². The Bertz CT molecular complexity index is 390. The molecule has 1 unspecified atom stereocenters. The molecule has 0 aliphatic carbocycles. The molecule has 0 bridgehead atoms. The average molecular weight is 264 g/mol. The van der Waals surface area contributed by atoms with Gasteiger partial charge in [0.1, 0.15) is 5.75 Å². The predicted octanol–water partition coefficient (Wildman–Crippen LogP) is 2.21. The van der Waals surface area contributed by atoms with E-state index < -0.39 is 0 Å². The fourth-order valence-corrected chi connectivity index (χ4v) is 1.86. The van der Waals surface area contributed by atoms with Crippen LogP contribution in [0.1, 0.15) is 31.9 Å². The van der Waals surface area contributed by atoms with Crippen molar-refractivity contribution in [3.63, 3.8) is 0 Å². The van der Waals surface area contributed by atoms with Crippen molar-refractivity contribution in [2.45, 2.75) is 26.3 Å². The zero-order valence-corrected chi connectivity index (χ0v) is 12.3. The van der Waals surface area contributed by atoms with Crippen molar-refractivity contribution in [3.05, 3.63) is 29.8 Å². The first kappa shape index (κ1) is 15.5. The van der Waals surface area contributed by atoms with E-state index in [0.29, 0.717) is 6.54 Å². The first-order valence-electron chi connectivity index (χ1n) is 6.73. The van der Waals surface area contributed by atoms with E-state index in [4.69, 9.17) is 4.74 Å². The summed E-state index contributed by atoms with van der Waals surface area (Å²) >= 11 is 0. The monoisotopic (exact) mass is 264 g/mol. The van der Waals surface area contributed by atoms with Gasteiger partial charge in [-0.05, 0) is 31.0 Å². The third-order valence-corrected chi connectivity index (χ3v) is 3.33. The second-order valence-corrected chi connectivity index (χ2v) is 4.52. The number of carbonyl (C=O) groups is 1. The molecule has 0 radical (unpaired) electrons. The van der Waals surface area contributed by atoms with Crippen molar-refractivity contribution in [3.8, 4) is 5.75 Å². The molecular formula is C15H24N2O2. The van der Waals surface area contributed by atoms with Gasteiger partial charge in [0.2, 0.25) is 5.91 Å². The first-order chi connectivity index (χ1) is 9.12.